The van der Waals surface area contributed by atoms with Gasteiger partial charge in [-0.2, -0.15) is 0 Å². The molecule has 42 heavy (non-hydrogen) atoms. The largest absolute Gasteiger partial charge is 0.325 e. The number of carbonyl (C=O) groups is 3. The van der Waals surface area contributed by atoms with Crippen LogP contribution in [0.3, 0.4) is 0 Å². The molecule has 1 atom stereocenters. The zero-order chi connectivity index (χ0) is 30.2. The molecule has 4 aromatic carbocycles. The first kappa shape index (κ1) is 31.2. The molecule has 214 valence electrons. The van der Waals surface area contributed by atoms with E-state index in [2.05, 4.69) is 16.0 Å². The maximum atomic E-state index is 13.4. The molecule has 0 aliphatic rings. The molecule has 0 aliphatic heterocycles. The first-order valence-electron chi connectivity index (χ1n) is 12.8. The van der Waals surface area contributed by atoms with Crippen molar-refractivity contribution < 1.29 is 14.4 Å². The van der Waals surface area contributed by atoms with E-state index in [1.54, 1.807) is 85.8 Å². The molecule has 6 nitrogen and oxygen atoms in total. The van der Waals surface area contributed by atoms with E-state index >= 15 is 0 Å². The van der Waals surface area contributed by atoms with Gasteiger partial charge >= 0.3 is 0 Å². The lowest BCUT2D eigenvalue weighted by Gasteiger charge is -2.15. The summed E-state index contributed by atoms with van der Waals surface area (Å²) in [6.45, 7) is 3.68. The minimum absolute atomic E-state index is 0.0541. The van der Waals surface area contributed by atoms with E-state index in [1.807, 2.05) is 19.1 Å². The summed E-state index contributed by atoms with van der Waals surface area (Å²) >= 11 is 20.1. The van der Waals surface area contributed by atoms with Crippen molar-refractivity contribution in [3.63, 3.8) is 0 Å². The van der Waals surface area contributed by atoms with Crippen LogP contribution in [0.1, 0.15) is 28.4 Å². The normalized spacial score (nSPS) is 11.9. The van der Waals surface area contributed by atoms with E-state index in [9.17, 15) is 14.4 Å². The lowest BCUT2D eigenvalue weighted by atomic mass is 10.1. The standard InChI is InChI=1S/C32H26Cl3N3O3S/c1-19-14-15-22(33)16-28(19)37-30(39)20(2)42-24-11-6-10-23(17-24)36-32(41)29(18-25-26(34)12-7-13-27(25)35)38-31(40)21-8-4-3-5-9-21/h3-18,20H,1-2H3,(H,36,41)(H,37,39)(H,38,40)/b29-18+. The van der Waals surface area contributed by atoms with Crippen LogP contribution in [0, 0.1) is 6.92 Å². The van der Waals surface area contributed by atoms with Crippen molar-refractivity contribution in [2.45, 2.75) is 24.0 Å². The third kappa shape index (κ3) is 8.39. The van der Waals surface area contributed by atoms with Crippen LogP contribution in [0.2, 0.25) is 15.1 Å². The SMILES string of the molecule is Cc1ccc(Cl)cc1NC(=O)C(C)Sc1cccc(NC(=O)/C(=C\c2c(Cl)cccc2Cl)NC(=O)c2ccccc2)c1. The summed E-state index contributed by atoms with van der Waals surface area (Å²) in [5.41, 5.74) is 2.72. The predicted molar refractivity (Wildman–Crippen MR) is 174 cm³/mol. The first-order chi connectivity index (χ1) is 20.1. The van der Waals surface area contributed by atoms with Gasteiger partial charge in [-0.15, -0.1) is 11.8 Å². The van der Waals surface area contributed by atoms with Crippen LogP contribution in [-0.2, 0) is 9.59 Å². The highest BCUT2D eigenvalue weighted by Crippen LogP contribution is 2.29. The van der Waals surface area contributed by atoms with Gasteiger partial charge in [0.15, 0.2) is 0 Å². The molecule has 10 heteroatoms. The number of halogens is 3. The van der Waals surface area contributed by atoms with Crippen molar-refractivity contribution >= 4 is 81.7 Å². The number of thioether (sulfide) groups is 1. The third-order valence-corrected chi connectivity index (χ3v) is 8.04. The monoisotopic (exact) mass is 637 g/mol. The molecule has 0 radical (unpaired) electrons. The van der Waals surface area contributed by atoms with E-state index < -0.39 is 17.1 Å². The van der Waals surface area contributed by atoms with Gasteiger partial charge in [0.25, 0.3) is 11.8 Å². The van der Waals surface area contributed by atoms with Gasteiger partial charge in [-0.25, -0.2) is 0 Å². The van der Waals surface area contributed by atoms with Gasteiger partial charge in [0, 0.05) is 42.5 Å². The molecule has 0 heterocycles. The molecule has 0 spiro atoms. The molecule has 3 amide bonds. The van der Waals surface area contributed by atoms with E-state index in [0.29, 0.717) is 37.6 Å². The molecule has 0 fully saturated rings. The Morgan fingerprint density at radius 1 is 0.810 bits per heavy atom. The molecular weight excluding hydrogens is 613 g/mol. The highest BCUT2D eigenvalue weighted by molar-refractivity contribution is 8.00. The van der Waals surface area contributed by atoms with Crippen LogP contribution >= 0.6 is 46.6 Å². The van der Waals surface area contributed by atoms with Crippen LogP contribution in [-0.4, -0.2) is 23.0 Å². The average molecular weight is 639 g/mol. The Bertz CT molecular complexity index is 1640. The number of aryl methyl sites for hydroxylation is 1. The maximum absolute atomic E-state index is 13.4. The summed E-state index contributed by atoms with van der Waals surface area (Å²) in [7, 11) is 0. The molecule has 0 saturated heterocycles. The summed E-state index contributed by atoms with van der Waals surface area (Å²) < 4.78 is 0. The van der Waals surface area contributed by atoms with Crippen molar-refractivity contribution in [1.29, 1.82) is 0 Å². The van der Waals surface area contributed by atoms with Gasteiger partial charge < -0.3 is 16.0 Å². The molecule has 4 aromatic rings. The minimum atomic E-state index is -0.584. The van der Waals surface area contributed by atoms with Crippen LogP contribution in [0.25, 0.3) is 6.08 Å². The number of rotatable bonds is 9. The first-order valence-corrected chi connectivity index (χ1v) is 14.8. The number of nitrogens with one attached hydrogen (secondary N) is 3. The Kier molecular flexibility index (Phi) is 10.7. The third-order valence-electron chi connectivity index (χ3n) is 6.05. The Balaban J connectivity index is 1.52. The fraction of sp³-hybridized carbons (Fsp3) is 0.0938. The summed E-state index contributed by atoms with van der Waals surface area (Å²) in [5, 5.41) is 9.13. The molecule has 3 N–H and O–H groups in total. The maximum Gasteiger partial charge on any atom is 0.272 e. The van der Waals surface area contributed by atoms with Gasteiger partial charge in [-0.3, -0.25) is 14.4 Å². The van der Waals surface area contributed by atoms with Crippen LogP contribution in [0.4, 0.5) is 11.4 Å². The second kappa shape index (κ2) is 14.4. The topological polar surface area (TPSA) is 87.3 Å². The van der Waals surface area contributed by atoms with Gasteiger partial charge in [0.1, 0.15) is 5.70 Å². The molecule has 0 aliphatic carbocycles. The molecular formula is C32H26Cl3N3O3S. The van der Waals surface area contributed by atoms with Gasteiger partial charge in [0.2, 0.25) is 5.91 Å². The van der Waals surface area contributed by atoms with Gasteiger partial charge in [-0.05, 0) is 80.1 Å². The van der Waals surface area contributed by atoms with Crippen molar-refractivity contribution in [2.75, 3.05) is 10.6 Å². The Hall–Kier alpha value is -3.75. The second-order valence-electron chi connectivity index (χ2n) is 9.20. The highest BCUT2D eigenvalue weighted by Gasteiger charge is 2.19. The molecule has 1 unspecified atom stereocenters. The summed E-state index contributed by atoms with van der Waals surface area (Å²) in [6.07, 6.45) is 1.43. The summed E-state index contributed by atoms with van der Waals surface area (Å²) in [4.78, 5) is 40.0. The quantitative estimate of drug-likeness (QED) is 0.127. The van der Waals surface area contributed by atoms with E-state index in [4.69, 9.17) is 34.8 Å². The number of hydrogen-bond acceptors (Lipinski definition) is 4. The smallest absolute Gasteiger partial charge is 0.272 e. The van der Waals surface area contributed by atoms with E-state index in [-0.39, 0.29) is 11.6 Å². The van der Waals surface area contributed by atoms with Gasteiger partial charge in [0.05, 0.1) is 5.25 Å². The Morgan fingerprint density at radius 2 is 1.50 bits per heavy atom. The van der Waals surface area contributed by atoms with Crippen molar-refractivity contribution in [3.05, 3.63) is 128 Å². The molecule has 0 saturated carbocycles. The van der Waals surface area contributed by atoms with Crippen molar-refractivity contribution in [3.8, 4) is 0 Å². The molecule has 4 rings (SSSR count). The fourth-order valence-corrected chi connectivity index (χ4v) is 5.41. The van der Waals surface area contributed by atoms with E-state index in [1.165, 1.54) is 17.8 Å². The van der Waals surface area contributed by atoms with E-state index in [0.717, 1.165) is 10.5 Å². The zero-order valence-corrected chi connectivity index (χ0v) is 25.7. The van der Waals surface area contributed by atoms with Crippen LogP contribution in [0.15, 0.2) is 102 Å². The summed E-state index contributed by atoms with van der Waals surface area (Å²) in [6, 6.07) is 25.9. The number of amides is 3. The number of hydrogen-bond donors (Lipinski definition) is 3. The minimum Gasteiger partial charge on any atom is -0.325 e. The number of anilines is 2. The van der Waals surface area contributed by atoms with Crippen molar-refractivity contribution in [2.24, 2.45) is 0 Å². The Morgan fingerprint density at radius 3 is 2.21 bits per heavy atom. The van der Waals surface area contributed by atoms with Crippen LogP contribution in [0.5, 0.6) is 0 Å². The summed E-state index contributed by atoms with van der Waals surface area (Å²) in [5.74, 6) is -1.25. The van der Waals surface area contributed by atoms with Gasteiger partial charge in [-0.1, -0.05) is 71.2 Å². The lowest BCUT2D eigenvalue weighted by Crippen LogP contribution is -2.30. The second-order valence-corrected chi connectivity index (χ2v) is 11.9. The fourth-order valence-electron chi connectivity index (χ4n) is 3.80. The average Bonchev–Trinajstić information content (AvgIpc) is 2.96. The Labute approximate surface area is 263 Å². The lowest BCUT2D eigenvalue weighted by molar-refractivity contribution is -0.115. The number of benzene rings is 4. The van der Waals surface area contributed by atoms with Crippen LogP contribution < -0.4 is 16.0 Å². The van der Waals surface area contributed by atoms with Crippen molar-refractivity contribution in [1.82, 2.24) is 5.32 Å². The predicted octanol–water partition coefficient (Wildman–Crippen LogP) is 8.48. The molecule has 0 bridgehead atoms. The highest BCUT2D eigenvalue weighted by atomic mass is 35.5. The molecule has 0 aromatic heterocycles. The number of carbonyl (C=O) groups excluding carboxylic acids is 3. The zero-order valence-electron chi connectivity index (χ0n) is 22.6.